The number of unbranched alkanes of at least 4 members (excludes halogenated alkanes) is 2. The van der Waals surface area contributed by atoms with Crippen molar-refractivity contribution < 1.29 is 42.0 Å². The molecule has 0 bridgehead atoms. The fourth-order valence-corrected chi connectivity index (χ4v) is 4.51. The van der Waals surface area contributed by atoms with Gasteiger partial charge in [-0.05, 0) is 72.9 Å². The Balaban J connectivity index is 0.000000502. The van der Waals surface area contributed by atoms with E-state index in [-0.39, 0.29) is 65.3 Å². The lowest BCUT2D eigenvalue weighted by Gasteiger charge is -2.12. The van der Waals surface area contributed by atoms with Crippen molar-refractivity contribution >= 4 is 39.7 Å². The van der Waals surface area contributed by atoms with Crippen LogP contribution in [0.2, 0.25) is 0 Å². The van der Waals surface area contributed by atoms with Gasteiger partial charge in [0.1, 0.15) is 22.8 Å². The van der Waals surface area contributed by atoms with Gasteiger partial charge in [-0.2, -0.15) is 8.42 Å². The Kier molecular flexibility index (Phi) is 19.4. The number of nitrogens with zero attached hydrogens (tertiary/aromatic N) is 2. The van der Waals surface area contributed by atoms with Crippen LogP contribution in [0.4, 0.5) is 0 Å². The van der Waals surface area contributed by atoms with E-state index in [1.54, 1.807) is 24.3 Å². The number of carbonyl (C=O) groups is 5. The van der Waals surface area contributed by atoms with Crippen LogP contribution in [-0.2, 0) is 14.9 Å². The number of rotatable bonds is 19. The Morgan fingerprint density at radius 3 is 1.30 bits per heavy atom. The van der Waals surface area contributed by atoms with Gasteiger partial charge in [0.05, 0.1) is 5.75 Å². The molecule has 0 aliphatic heterocycles. The zero-order valence-corrected chi connectivity index (χ0v) is 30.6. The topological polar surface area (TPSA) is 234 Å². The second-order valence-electron chi connectivity index (χ2n) is 12.2. The van der Waals surface area contributed by atoms with Gasteiger partial charge in [0.15, 0.2) is 0 Å². The van der Waals surface area contributed by atoms with Gasteiger partial charge in [-0.3, -0.25) is 28.5 Å². The molecular weight excluding hydrogens is 668 g/mol. The summed E-state index contributed by atoms with van der Waals surface area (Å²) in [5.41, 5.74) is 2.28. The quantitative estimate of drug-likeness (QED) is 0.0905. The van der Waals surface area contributed by atoms with E-state index in [1.807, 2.05) is 41.5 Å². The molecule has 16 heteroatoms. The van der Waals surface area contributed by atoms with Gasteiger partial charge in [0, 0.05) is 32.6 Å². The molecule has 0 saturated carbocycles. The van der Waals surface area contributed by atoms with Crippen LogP contribution in [0.25, 0.3) is 0 Å². The first-order valence-corrected chi connectivity index (χ1v) is 18.4. The third-order valence-electron chi connectivity index (χ3n) is 7.03. The average Bonchev–Trinajstić information content (AvgIpc) is 3.06. The van der Waals surface area contributed by atoms with Crippen molar-refractivity contribution in [2.45, 2.75) is 91.9 Å². The van der Waals surface area contributed by atoms with Gasteiger partial charge >= 0.3 is 5.97 Å². The molecule has 0 saturated heterocycles. The molecule has 15 nitrogen and oxygen atoms in total. The Labute approximate surface area is 294 Å². The lowest BCUT2D eigenvalue weighted by molar-refractivity contribution is -0.137. The molecule has 0 aliphatic carbocycles. The van der Waals surface area contributed by atoms with Crippen LogP contribution >= 0.6 is 0 Å². The molecule has 2 aromatic heterocycles. The first kappa shape index (κ1) is 43.6. The lowest BCUT2D eigenvalue weighted by Crippen LogP contribution is -2.31. The summed E-state index contributed by atoms with van der Waals surface area (Å²) in [6.45, 7) is 13.0. The van der Waals surface area contributed by atoms with Crippen molar-refractivity contribution in [2.75, 3.05) is 31.9 Å². The minimum atomic E-state index is -4.15. The smallest absolute Gasteiger partial charge is 0.303 e. The van der Waals surface area contributed by atoms with Crippen LogP contribution in [0.3, 0.4) is 0 Å². The predicted octanol–water partition coefficient (Wildman–Crippen LogP) is 3.68. The Morgan fingerprint density at radius 2 is 0.980 bits per heavy atom. The predicted molar refractivity (Wildman–Crippen MR) is 189 cm³/mol. The average molecular weight is 721 g/mol. The van der Waals surface area contributed by atoms with E-state index in [9.17, 15) is 32.4 Å². The number of hydrogen-bond acceptors (Lipinski definition) is 9. The standard InChI is InChI=1S/C19H29N3O4.C15H23N3O5S/c1-4-9-20-18(25)15-11-14(13(2)3)12-16(22-15)19(26)21-10-7-5-6-8-17(23)24;1-4-5-16-14(19)12-8-11(10(2)3)9-13(18-12)15(20)17-6-7-24(21,22)23/h11-13H,4-10H2,1-3H3,(H,20,25)(H,21,26)(H,23,24);8-10H,4-7H2,1-3H3,(H,16,19)(H,17,20)(H,21,22,23). The molecule has 0 spiro atoms. The van der Waals surface area contributed by atoms with Gasteiger partial charge in [-0.1, -0.05) is 48.0 Å². The second kappa shape index (κ2) is 22.3. The highest BCUT2D eigenvalue weighted by Crippen LogP contribution is 2.18. The Bertz CT molecular complexity index is 1560. The molecule has 0 fully saturated rings. The zero-order valence-electron chi connectivity index (χ0n) is 29.8. The second-order valence-corrected chi connectivity index (χ2v) is 13.7. The number of hydrogen-bond donors (Lipinski definition) is 6. The summed E-state index contributed by atoms with van der Waals surface area (Å²) in [6.07, 6.45) is 3.77. The van der Waals surface area contributed by atoms with Crippen molar-refractivity contribution in [1.82, 2.24) is 31.2 Å². The molecule has 2 aromatic rings. The van der Waals surface area contributed by atoms with Crippen molar-refractivity contribution in [3.63, 3.8) is 0 Å². The van der Waals surface area contributed by atoms with E-state index < -0.39 is 27.7 Å². The van der Waals surface area contributed by atoms with Crippen molar-refractivity contribution in [2.24, 2.45) is 0 Å². The van der Waals surface area contributed by atoms with Crippen LogP contribution in [0.1, 0.15) is 145 Å². The highest BCUT2D eigenvalue weighted by molar-refractivity contribution is 7.85. The molecule has 0 aromatic carbocycles. The normalized spacial score (nSPS) is 11.0. The summed E-state index contributed by atoms with van der Waals surface area (Å²) in [7, 11) is -4.15. The molecule has 50 heavy (non-hydrogen) atoms. The van der Waals surface area contributed by atoms with E-state index in [0.29, 0.717) is 32.5 Å². The van der Waals surface area contributed by atoms with E-state index >= 15 is 0 Å². The number of nitrogens with one attached hydrogen (secondary N) is 4. The van der Waals surface area contributed by atoms with E-state index in [1.165, 1.54) is 0 Å². The molecule has 0 atom stereocenters. The van der Waals surface area contributed by atoms with Crippen LogP contribution in [0.5, 0.6) is 0 Å². The number of pyridine rings is 2. The molecule has 2 rings (SSSR count). The van der Waals surface area contributed by atoms with E-state index in [2.05, 4.69) is 31.2 Å². The van der Waals surface area contributed by atoms with Crippen LogP contribution < -0.4 is 21.3 Å². The molecule has 2 heterocycles. The number of carboxylic acid groups (broad SMARTS) is 1. The largest absolute Gasteiger partial charge is 0.481 e. The molecule has 6 N–H and O–H groups in total. The first-order chi connectivity index (χ1) is 23.5. The summed E-state index contributed by atoms with van der Waals surface area (Å²) in [6, 6.07) is 6.62. The summed E-state index contributed by atoms with van der Waals surface area (Å²) in [5.74, 6) is -2.73. The molecule has 0 aliphatic rings. The minimum absolute atomic E-state index is 0.0261. The summed E-state index contributed by atoms with van der Waals surface area (Å²) >= 11 is 0. The van der Waals surface area contributed by atoms with E-state index in [0.717, 1.165) is 30.4 Å². The molecular formula is C34H52N6O9S. The Morgan fingerprint density at radius 1 is 0.620 bits per heavy atom. The number of amides is 4. The number of aromatic nitrogens is 2. The molecule has 0 radical (unpaired) electrons. The minimum Gasteiger partial charge on any atom is -0.481 e. The van der Waals surface area contributed by atoms with Crippen molar-refractivity contribution in [3.05, 3.63) is 58.2 Å². The van der Waals surface area contributed by atoms with Gasteiger partial charge in [0.25, 0.3) is 33.7 Å². The van der Waals surface area contributed by atoms with Gasteiger partial charge in [-0.15, -0.1) is 0 Å². The third-order valence-corrected chi connectivity index (χ3v) is 7.75. The summed E-state index contributed by atoms with van der Waals surface area (Å²) in [5, 5.41) is 19.2. The Hall–Kier alpha value is -4.44. The fraction of sp³-hybridized carbons (Fsp3) is 0.559. The van der Waals surface area contributed by atoms with Crippen molar-refractivity contribution in [3.8, 4) is 0 Å². The first-order valence-electron chi connectivity index (χ1n) is 16.8. The number of carboxylic acids is 1. The van der Waals surface area contributed by atoms with Crippen LogP contribution in [0.15, 0.2) is 24.3 Å². The lowest BCUT2D eigenvalue weighted by atomic mass is 10.0. The maximum absolute atomic E-state index is 12.3. The molecule has 0 unspecified atom stereocenters. The molecule has 4 amide bonds. The van der Waals surface area contributed by atoms with Gasteiger partial charge < -0.3 is 26.4 Å². The highest BCUT2D eigenvalue weighted by Gasteiger charge is 2.18. The van der Waals surface area contributed by atoms with Crippen LogP contribution in [-0.4, -0.2) is 89.6 Å². The fourth-order valence-electron chi connectivity index (χ4n) is 4.15. The zero-order chi connectivity index (χ0) is 37.9. The third kappa shape index (κ3) is 17.3. The van der Waals surface area contributed by atoms with Gasteiger partial charge in [-0.25, -0.2) is 9.97 Å². The summed E-state index contributed by atoms with van der Waals surface area (Å²) < 4.78 is 30.0. The monoisotopic (exact) mass is 720 g/mol. The number of aliphatic carboxylic acids is 1. The van der Waals surface area contributed by atoms with E-state index in [4.69, 9.17) is 9.66 Å². The van der Waals surface area contributed by atoms with Gasteiger partial charge in [0.2, 0.25) is 0 Å². The summed E-state index contributed by atoms with van der Waals surface area (Å²) in [4.78, 5) is 67.4. The molecule has 278 valence electrons. The van der Waals surface area contributed by atoms with Crippen molar-refractivity contribution in [1.29, 1.82) is 0 Å². The van der Waals surface area contributed by atoms with Crippen LogP contribution in [0, 0.1) is 0 Å². The maximum Gasteiger partial charge on any atom is 0.303 e. The maximum atomic E-state index is 12.3. The SMILES string of the molecule is CCCNC(=O)c1cc(C(C)C)cc(C(=O)NCCCCCC(=O)O)n1.CCCNC(=O)c1cc(C(C)C)cc(C(=O)NCCS(=O)(=O)O)n1. The number of carbonyl (C=O) groups excluding carboxylic acids is 4. The highest BCUT2D eigenvalue weighted by atomic mass is 32.2.